The number of hydrogen-bond donors (Lipinski definition) is 1. The third-order valence-electron chi connectivity index (χ3n) is 4.07. The van der Waals surface area contributed by atoms with E-state index in [0.29, 0.717) is 10.5 Å². The van der Waals surface area contributed by atoms with Crippen molar-refractivity contribution in [3.8, 4) is 5.69 Å². The van der Waals surface area contributed by atoms with Gasteiger partial charge in [-0.15, -0.1) is 4.52 Å². The van der Waals surface area contributed by atoms with Gasteiger partial charge in [-0.05, 0) is 36.4 Å². The van der Waals surface area contributed by atoms with Gasteiger partial charge in [0.15, 0.2) is 11.2 Å². The SMILES string of the molecule is CC(C)c1nc2ccccc2[n+]2[nH]n(-c3ccc(Cl)cc3)c(=O)c12.[OH-]. The molecule has 2 heterocycles. The van der Waals surface area contributed by atoms with E-state index in [-0.39, 0.29) is 17.0 Å². The maximum absolute atomic E-state index is 13.0. The Morgan fingerprint density at radius 2 is 1.80 bits per heavy atom. The molecule has 0 aliphatic carbocycles. The number of fused-ring (bicyclic) bond motifs is 3. The quantitative estimate of drug-likeness (QED) is 0.560. The molecule has 4 rings (SSSR count). The van der Waals surface area contributed by atoms with Crippen molar-refractivity contribution >= 4 is 28.2 Å². The third-order valence-corrected chi connectivity index (χ3v) is 4.32. The lowest BCUT2D eigenvalue weighted by Crippen LogP contribution is -2.28. The molecule has 0 bridgehead atoms. The smallest absolute Gasteiger partial charge is 0.408 e. The van der Waals surface area contributed by atoms with Crippen molar-refractivity contribution in [2.24, 2.45) is 0 Å². The van der Waals surface area contributed by atoms with Crippen LogP contribution in [0.2, 0.25) is 5.02 Å². The summed E-state index contributed by atoms with van der Waals surface area (Å²) in [6.45, 7) is 4.08. The molecule has 7 heteroatoms. The first-order valence-electron chi connectivity index (χ1n) is 7.77. The van der Waals surface area contributed by atoms with E-state index in [1.807, 2.05) is 54.8 Å². The Hall–Kier alpha value is -2.70. The van der Waals surface area contributed by atoms with Crippen molar-refractivity contribution in [3.63, 3.8) is 0 Å². The van der Waals surface area contributed by atoms with Gasteiger partial charge in [0.25, 0.3) is 5.52 Å². The van der Waals surface area contributed by atoms with Crippen molar-refractivity contribution in [2.45, 2.75) is 19.8 Å². The summed E-state index contributed by atoms with van der Waals surface area (Å²) >= 11 is 5.95. The molecule has 0 saturated heterocycles. The molecule has 128 valence electrons. The monoisotopic (exact) mass is 356 g/mol. The molecule has 0 aliphatic heterocycles. The predicted molar refractivity (Wildman–Crippen MR) is 95.9 cm³/mol. The topological polar surface area (TPSA) is 84.8 Å². The Kier molecular flexibility index (Phi) is 4.32. The fraction of sp³-hybridized carbons (Fsp3) is 0.167. The summed E-state index contributed by atoms with van der Waals surface area (Å²) in [5, 5.41) is 3.81. The standard InChI is InChI=1S/C18H15ClN4O.H2O/c1-11(2)16-17-18(24)22(13-9-7-12(19)8-10-13)21-23(17)15-6-4-3-5-14(15)20-16;/h3-11H,1-2H3;1H2. The van der Waals surface area contributed by atoms with Crippen molar-refractivity contribution < 1.29 is 9.99 Å². The van der Waals surface area contributed by atoms with E-state index in [1.165, 1.54) is 4.68 Å². The first kappa shape index (κ1) is 17.1. The molecule has 0 saturated carbocycles. The highest BCUT2D eigenvalue weighted by atomic mass is 35.5. The van der Waals surface area contributed by atoms with Gasteiger partial charge in [-0.2, -0.15) is 0 Å². The number of aromatic amines is 1. The summed E-state index contributed by atoms with van der Waals surface area (Å²) in [5.74, 6) is 0.131. The van der Waals surface area contributed by atoms with Crippen molar-refractivity contribution in [1.82, 2.24) is 14.9 Å². The molecule has 25 heavy (non-hydrogen) atoms. The van der Waals surface area contributed by atoms with Crippen molar-refractivity contribution in [2.75, 3.05) is 0 Å². The minimum atomic E-state index is -0.126. The maximum Gasteiger partial charge on any atom is 0.408 e. The van der Waals surface area contributed by atoms with Crippen molar-refractivity contribution in [1.29, 1.82) is 0 Å². The van der Waals surface area contributed by atoms with Crippen LogP contribution in [-0.2, 0) is 0 Å². The summed E-state index contributed by atoms with van der Waals surface area (Å²) < 4.78 is 3.33. The predicted octanol–water partition coefficient (Wildman–Crippen LogP) is 3.05. The molecule has 0 aliphatic rings. The van der Waals surface area contributed by atoms with E-state index in [4.69, 9.17) is 16.6 Å². The first-order valence-corrected chi connectivity index (χ1v) is 8.15. The minimum Gasteiger partial charge on any atom is -0.870 e. The lowest BCUT2D eigenvalue weighted by molar-refractivity contribution is -0.556. The highest BCUT2D eigenvalue weighted by Crippen LogP contribution is 2.18. The Labute approximate surface area is 148 Å². The second-order valence-electron chi connectivity index (χ2n) is 6.04. The van der Waals surface area contributed by atoms with E-state index < -0.39 is 0 Å². The zero-order valence-electron chi connectivity index (χ0n) is 13.8. The Morgan fingerprint density at radius 1 is 1.12 bits per heavy atom. The zero-order valence-corrected chi connectivity index (χ0v) is 14.5. The molecule has 2 N–H and O–H groups in total. The molecule has 0 spiro atoms. The van der Waals surface area contributed by atoms with Crippen LogP contribution in [0.3, 0.4) is 0 Å². The molecule has 0 fully saturated rings. The fourth-order valence-corrected chi connectivity index (χ4v) is 3.02. The first-order chi connectivity index (χ1) is 11.6. The number of para-hydroxylation sites is 2. The molecular weight excluding hydrogens is 340 g/mol. The average molecular weight is 357 g/mol. The summed E-state index contributed by atoms with van der Waals surface area (Å²) in [7, 11) is 0. The molecule has 0 unspecified atom stereocenters. The summed E-state index contributed by atoms with van der Waals surface area (Å²) in [6.07, 6.45) is 0. The van der Waals surface area contributed by atoms with Crippen LogP contribution in [0, 0.1) is 0 Å². The zero-order chi connectivity index (χ0) is 16.8. The second kappa shape index (κ2) is 6.31. The minimum absolute atomic E-state index is 0. The van der Waals surface area contributed by atoms with Crippen LogP contribution in [0.1, 0.15) is 25.5 Å². The van der Waals surface area contributed by atoms with Crippen LogP contribution >= 0.6 is 11.6 Å². The number of nitrogens with zero attached hydrogens (tertiary/aromatic N) is 3. The van der Waals surface area contributed by atoms with Gasteiger partial charge in [0.05, 0.1) is 0 Å². The molecule has 4 aromatic rings. The van der Waals surface area contributed by atoms with Gasteiger partial charge in [0, 0.05) is 10.9 Å². The summed E-state index contributed by atoms with van der Waals surface area (Å²) in [4.78, 5) is 17.7. The number of H-pyrrole nitrogens is 1. The third kappa shape index (κ3) is 2.69. The molecular formula is C18H17ClN4O2. The van der Waals surface area contributed by atoms with Gasteiger partial charge in [0.2, 0.25) is 0 Å². The second-order valence-corrected chi connectivity index (χ2v) is 6.48. The van der Waals surface area contributed by atoms with Crippen LogP contribution in [0.5, 0.6) is 0 Å². The van der Waals surface area contributed by atoms with E-state index in [1.54, 1.807) is 12.1 Å². The number of rotatable bonds is 2. The summed E-state index contributed by atoms with van der Waals surface area (Å²) in [6, 6.07) is 14.9. The highest BCUT2D eigenvalue weighted by molar-refractivity contribution is 6.30. The Bertz CT molecular complexity index is 1110. The van der Waals surface area contributed by atoms with Gasteiger partial charge in [-0.3, -0.25) is 0 Å². The van der Waals surface area contributed by atoms with Crippen molar-refractivity contribution in [3.05, 3.63) is 69.6 Å². The highest BCUT2D eigenvalue weighted by Gasteiger charge is 2.25. The summed E-state index contributed by atoms with van der Waals surface area (Å²) in [5.41, 5.74) is 3.66. The van der Waals surface area contributed by atoms with E-state index >= 15 is 0 Å². The molecule has 2 aromatic carbocycles. The largest absolute Gasteiger partial charge is 0.870 e. The lowest BCUT2D eigenvalue weighted by atomic mass is 10.1. The van der Waals surface area contributed by atoms with Crippen LogP contribution in [0.15, 0.2) is 53.3 Å². The molecule has 2 aromatic heterocycles. The van der Waals surface area contributed by atoms with Crippen LogP contribution in [-0.4, -0.2) is 20.4 Å². The number of hydrogen-bond acceptors (Lipinski definition) is 3. The lowest BCUT2D eigenvalue weighted by Gasteiger charge is -2.04. The van der Waals surface area contributed by atoms with Gasteiger partial charge < -0.3 is 5.48 Å². The van der Waals surface area contributed by atoms with Crippen LogP contribution < -0.4 is 10.1 Å². The van der Waals surface area contributed by atoms with E-state index in [2.05, 4.69) is 5.21 Å². The van der Waals surface area contributed by atoms with Gasteiger partial charge >= 0.3 is 5.56 Å². The van der Waals surface area contributed by atoms with Crippen LogP contribution in [0.4, 0.5) is 0 Å². The normalized spacial score (nSPS) is 11.2. The number of benzene rings is 2. The van der Waals surface area contributed by atoms with E-state index in [0.717, 1.165) is 22.4 Å². The Morgan fingerprint density at radius 3 is 2.48 bits per heavy atom. The van der Waals surface area contributed by atoms with E-state index in [9.17, 15) is 4.79 Å². The molecule has 6 nitrogen and oxygen atoms in total. The maximum atomic E-state index is 13.0. The molecule has 0 atom stereocenters. The molecule has 0 radical (unpaired) electrons. The average Bonchev–Trinajstić information content (AvgIpc) is 2.93. The number of nitrogens with one attached hydrogen (secondary N) is 1. The molecule has 0 amide bonds. The number of halogens is 1. The van der Waals surface area contributed by atoms with Gasteiger partial charge in [-0.1, -0.05) is 47.5 Å². The van der Waals surface area contributed by atoms with Gasteiger partial charge in [-0.25, -0.2) is 9.78 Å². The Balaban J connectivity index is 0.00000182. The van der Waals surface area contributed by atoms with Crippen LogP contribution in [0.25, 0.3) is 22.2 Å². The fourth-order valence-electron chi connectivity index (χ4n) is 2.89. The van der Waals surface area contributed by atoms with Gasteiger partial charge in [0.1, 0.15) is 11.2 Å². The number of aromatic nitrogens is 4.